The van der Waals surface area contributed by atoms with Gasteiger partial charge in [-0.2, -0.15) is 0 Å². The van der Waals surface area contributed by atoms with E-state index < -0.39 is 5.97 Å². The molecule has 0 unspecified atom stereocenters. The summed E-state index contributed by atoms with van der Waals surface area (Å²) in [5.41, 5.74) is 1.40. The van der Waals surface area contributed by atoms with Crippen molar-refractivity contribution < 1.29 is 9.90 Å². The fourth-order valence-electron chi connectivity index (χ4n) is 1.65. The fraction of sp³-hybridized carbons (Fsp3) is 0.400. The van der Waals surface area contributed by atoms with Crippen LogP contribution in [-0.4, -0.2) is 11.1 Å². The molecule has 0 heterocycles. The number of benzene rings is 1. The van der Waals surface area contributed by atoms with E-state index in [4.69, 9.17) is 5.11 Å². The number of allylic oxidation sites excluding steroid dienone is 1. The molecule has 0 aliphatic rings. The topological polar surface area (TPSA) is 37.3 Å². The summed E-state index contributed by atoms with van der Waals surface area (Å²) in [5.74, 6) is -0.875. The first kappa shape index (κ1) is 13.5. The van der Waals surface area contributed by atoms with Gasteiger partial charge in [0, 0.05) is 0 Å². The normalized spacial score (nSPS) is 10.9. The molecule has 0 spiro atoms. The second-order valence-corrected chi connectivity index (χ2v) is 4.18. The van der Waals surface area contributed by atoms with Gasteiger partial charge in [-0.1, -0.05) is 50.5 Å². The molecule has 0 radical (unpaired) electrons. The van der Waals surface area contributed by atoms with Gasteiger partial charge in [-0.25, -0.2) is 4.79 Å². The lowest BCUT2D eigenvalue weighted by Crippen LogP contribution is -1.94. The van der Waals surface area contributed by atoms with Crippen LogP contribution >= 0.6 is 0 Å². The number of hydrogen-bond donors (Lipinski definition) is 1. The minimum atomic E-state index is -0.875. The molecule has 1 aromatic carbocycles. The standard InChI is InChI=1S/C15H20O2/c1-2-3-4-5-6-7-8-13-9-11-14(12-10-13)15(16)17/h7-12H,2-6H2,1H3,(H,16,17). The van der Waals surface area contributed by atoms with Gasteiger partial charge in [0.1, 0.15) is 0 Å². The number of hydrogen-bond acceptors (Lipinski definition) is 1. The SMILES string of the molecule is CCCCCCC=Cc1ccc(C(=O)O)cc1. The van der Waals surface area contributed by atoms with E-state index in [9.17, 15) is 4.79 Å². The number of rotatable bonds is 7. The van der Waals surface area contributed by atoms with Crippen molar-refractivity contribution >= 4 is 12.0 Å². The van der Waals surface area contributed by atoms with Gasteiger partial charge in [0.2, 0.25) is 0 Å². The molecule has 0 aliphatic heterocycles. The third-order valence-electron chi connectivity index (χ3n) is 2.69. The molecule has 1 N–H and O–H groups in total. The van der Waals surface area contributed by atoms with Crippen molar-refractivity contribution in [2.75, 3.05) is 0 Å². The first-order chi connectivity index (χ1) is 8.24. The third-order valence-corrected chi connectivity index (χ3v) is 2.69. The van der Waals surface area contributed by atoms with Crippen LogP contribution in [0.4, 0.5) is 0 Å². The Labute approximate surface area is 103 Å². The lowest BCUT2D eigenvalue weighted by molar-refractivity contribution is 0.0697. The van der Waals surface area contributed by atoms with Crippen LogP contribution in [0.1, 0.15) is 54.9 Å². The van der Waals surface area contributed by atoms with Crippen LogP contribution in [0.3, 0.4) is 0 Å². The summed E-state index contributed by atoms with van der Waals surface area (Å²) in [6.45, 7) is 2.21. The highest BCUT2D eigenvalue weighted by atomic mass is 16.4. The molecule has 0 saturated carbocycles. The smallest absolute Gasteiger partial charge is 0.335 e. The van der Waals surface area contributed by atoms with Crippen LogP contribution in [-0.2, 0) is 0 Å². The maximum atomic E-state index is 10.7. The van der Waals surface area contributed by atoms with Crippen LogP contribution < -0.4 is 0 Å². The molecule has 0 atom stereocenters. The molecule has 92 valence electrons. The van der Waals surface area contributed by atoms with E-state index in [0.29, 0.717) is 5.56 Å². The molecule has 1 aromatic rings. The lowest BCUT2D eigenvalue weighted by Gasteiger charge is -1.97. The fourth-order valence-corrected chi connectivity index (χ4v) is 1.65. The van der Waals surface area contributed by atoms with Crippen LogP contribution in [0.25, 0.3) is 6.08 Å². The molecule has 0 bridgehead atoms. The van der Waals surface area contributed by atoms with Crippen LogP contribution in [0, 0.1) is 0 Å². The minimum absolute atomic E-state index is 0.338. The van der Waals surface area contributed by atoms with E-state index in [1.807, 2.05) is 12.1 Å². The maximum Gasteiger partial charge on any atom is 0.335 e. The van der Waals surface area contributed by atoms with Crippen molar-refractivity contribution in [3.05, 3.63) is 41.5 Å². The molecule has 17 heavy (non-hydrogen) atoms. The molecule has 1 rings (SSSR count). The first-order valence-corrected chi connectivity index (χ1v) is 6.24. The zero-order valence-corrected chi connectivity index (χ0v) is 10.4. The molecular weight excluding hydrogens is 212 g/mol. The predicted octanol–water partition coefficient (Wildman–Crippen LogP) is 4.37. The van der Waals surface area contributed by atoms with Crippen molar-refractivity contribution in [1.29, 1.82) is 0 Å². The summed E-state index contributed by atoms with van der Waals surface area (Å²) in [4.78, 5) is 10.7. The van der Waals surface area contributed by atoms with Crippen molar-refractivity contribution in [2.45, 2.75) is 39.0 Å². The number of carbonyl (C=O) groups is 1. The quantitative estimate of drug-likeness (QED) is 0.709. The molecule has 2 heteroatoms. The van der Waals surface area contributed by atoms with Crippen molar-refractivity contribution in [1.82, 2.24) is 0 Å². The van der Waals surface area contributed by atoms with Gasteiger partial charge in [-0.3, -0.25) is 0 Å². The Morgan fingerprint density at radius 2 is 1.88 bits per heavy atom. The monoisotopic (exact) mass is 232 g/mol. The zero-order valence-electron chi connectivity index (χ0n) is 10.4. The van der Waals surface area contributed by atoms with Crippen LogP contribution in [0.15, 0.2) is 30.3 Å². The van der Waals surface area contributed by atoms with Gasteiger partial charge < -0.3 is 5.11 Å². The third kappa shape index (κ3) is 5.34. The minimum Gasteiger partial charge on any atom is -0.478 e. The Hall–Kier alpha value is -1.57. The summed E-state index contributed by atoms with van der Waals surface area (Å²) in [6.07, 6.45) is 10.4. The van der Waals surface area contributed by atoms with Crippen molar-refractivity contribution in [2.24, 2.45) is 0 Å². The first-order valence-electron chi connectivity index (χ1n) is 6.24. The molecule has 0 saturated heterocycles. The van der Waals surface area contributed by atoms with Crippen molar-refractivity contribution in [3.8, 4) is 0 Å². The average Bonchev–Trinajstić information content (AvgIpc) is 2.34. The lowest BCUT2D eigenvalue weighted by atomic mass is 10.1. The van der Waals surface area contributed by atoms with E-state index in [2.05, 4.69) is 19.1 Å². The molecule has 2 nitrogen and oxygen atoms in total. The molecule has 0 aromatic heterocycles. The summed E-state index contributed by atoms with van der Waals surface area (Å²) in [5, 5.41) is 8.75. The Bertz CT molecular complexity index is 363. The van der Waals surface area contributed by atoms with Gasteiger partial charge in [0.15, 0.2) is 0 Å². The molecule has 0 fully saturated rings. The number of carboxylic acid groups (broad SMARTS) is 1. The number of carboxylic acids is 1. The highest BCUT2D eigenvalue weighted by molar-refractivity contribution is 5.87. The van der Waals surface area contributed by atoms with E-state index in [1.54, 1.807) is 12.1 Å². The molecular formula is C15H20O2. The second-order valence-electron chi connectivity index (χ2n) is 4.18. The van der Waals surface area contributed by atoms with Gasteiger partial charge >= 0.3 is 5.97 Å². The summed E-state index contributed by atoms with van der Waals surface area (Å²) in [7, 11) is 0. The van der Waals surface area contributed by atoms with Crippen molar-refractivity contribution in [3.63, 3.8) is 0 Å². The molecule has 0 aliphatic carbocycles. The number of unbranched alkanes of at least 4 members (excludes halogenated alkanes) is 4. The van der Waals surface area contributed by atoms with Gasteiger partial charge in [-0.15, -0.1) is 0 Å². The van der Waals surface area contributed by atoms with E-state index in [0.717, 1.165) is 12.0 Å². The Morgan fingerprint density at radius 1 is 1.18 bits per heavy atom. The van der Waals surface area contributed by atoms with Crippen LogP contribution in [0.2, 0.25) is 0 Å². The Kier molecular flexibility index (Phi) is 6.08. The van der Waals surface area contributed by atoms with E-state index in [1.165, 1.54) is 25.7 Å². The molecule has 0 amide bonds. The Balaban J connectivity index is 2.36. The summed E-state index contributed by atoms with van der Waals surface area (Å²) >= 11 is 0. The van der Waals surface area contributed by atoms with E-state index >= 15 is 0 Å². The van der Waals surface area contributed by atoms with Gasteiger partial charge in [0.05, 0.1) is 5.56 Å². The number of aromatic carboxylic acids is 1. The summed E-state index contributed by atoms with van der Waals surface area (Å²) < 4.78 is 0. The maximum absolute atomic E-state index is 10.7. The largest absolute Gasteiger partial charge is 0.478 e. The van der Waals surface area contributed by atoms with Gasteiger partial charge in [-0.05, 0) is 30.5 Å². The Morgan fingerprint density at radius 3 is 2.47 bits per heavy atom. The second kappa shape index (κ2) is 7.66. The highest BCUT2D eigenvalue weighted by Crippen LogP contribution is 2.08. The summed E-state index contributed by atoms with van der Waals surface area (Å²) in [6, 6.07) is 6.95. The van der Waals surface area contributed by atoms with Gasteiger partial charge in [0.25, 0.3) is 0 Å². The zero-order chi connectivity index (χ0) is 12.5. The van der Waals surface area contributed by atoms with Crippen LogP contribution in [0.5, 0.6) is 0 Å². The van der Waals surface area contributed by atoms with E-state index in [-0.39, 0.29) is 0 Å². The predicted molar refractivity (Wildman–Crippen MR) is 71.2 cm³/mol. The highest BCUT2D eigenvalue weighted by Gasteiger charge is 1.99. The average molecular weight is 232 g/mol.